The van der Waals surface area contributed by atoms with Gasteiger partial charge in [-0.15, -0.1) is 11.3 Å². The standard InChI is InChI=1S/C16H15N3OS/c17-9-1-2-11-3-5-13(6-4-11)15(20)19-16-18-14(10-21-16)12-7-8-12/h3-6,10,12H,7-9,17H2,(H,18,19,20). The molecule has 3 N–H and O–H groups in total. The summed E-state index contributed by atoms with van der Waals surface area (Å²) in [5, 5.41) is 5.52. The second-order valence-electron chi connectivity index (χ2n) is 4.89. The number of aromatic nitrogens is 1. The number of carbonyl (C=O) groups excluding carboxylic acids is 1. The Balaban J connectivity index is 1.66. The van der Waals surface area contributed by atoms with E-state index in [1.54, 1.807) is 12.1 Å². The van der Waals surface area contributed by atoms with Gasteiger partial charge in [0.1, 0.15) is 0 Å². The number of carbonyl (C=O) groups is 1. The first kappa shape index (κ1) is 13.8. The molecule has 1 fully saturated rings. The Morgan fingerprint density at radius 3 is 2.81 bits per heavy atom. The van der Waals surface area contributed by atoms with Crippen molar-refractivity contribution in [1.29, 1.82) is 0 Å². The maximum Gasteiger partial charge on any atom is 0.257 e. The third kappa shape index (κ3) is 3.48. The summed E-state index contributed by atoms with van der Waals surface area (Å²) < 4.78 is 0. The number of hydrogen-bond donors (Lipinski definition) is 2. The average Bonchev–Trinajstić information content (AvgIpc) is 3.26. The van der Waals surface area contributed by atoms with Gasteiger partial charge in [-0.1, -0.05) is 11.8 Å². The lowest BCUT2D eigenvalue weighted by atomic mass is 10.1. The van der Waals surface area contributed by atoms with Crippen molar-refractivity contribution in [3.8, 4) is 11.8 Å². The van der Waals surface area contributed by atoms with Crippen LogP contribution in [0.5, 0.6) is 0 Å². The van der Waals surface area contributed by atoms with Gasteiger partial charge in [0.25, 0.3) is 5.91 Å². The van der Waals surface area contributed by atoms with Crippen LogP contribution in [-0.4, -0.2) is 17.4 Å². The van der Waals surface area contributed by atoms with Crippen molar-refractivity contribution in [2.45, 2.75) is 18.8 Å². The Morgan fingerprint density at radius 2 is 2.14 bits per heavy atom. The Hall–Kier alpha value is -2.16. The summed E-state index contributed by atoms with van der Waals surface area (Å²) in [6.07, 6.45) is 2.42. The second-order valence-corrected chi connectivity index (χ2v) is 5.75. The number of anilines is 1. The van der Waals surface area contributed by atoms with Crippen molar-refractivity contribution in [3.05, 3.63) is 46.5 Å². The van der Waals surface area contributed by atoms with Crippen LogP contribution in [0.25, 0.3) is 0 Å². The normalized spacial score (nSPS) is 13.4. The lowest BCUT2D eigenvalue weighted by Gasteiger charge is -2.01. The van der Waals surface area contributed by atoms with E-state index in [-0.39, 0.29) is 5.91 Å². The molecule has 0 aliphatic heterocycles. The fourth-order valence-corrected chi connectivity index (χ4v) is 2.72. The van der Waals surface area contributed by atoms with Crippen LogP contribution in [-0.2, 0) is 0 Å². The predicted octanol–water partition coefficient (Wildman–Crippen LogP) is 2.58. The van der Waals surface area contributed by atoms with Crippen molar-refractivity contribution in [1.82, 2.24) is 4.98 Å². The van der Waals surface area contributed by atoms with Gasteiger partial charge in [-0.2, -0.15) is 0 Å². The predicted molar refractivity (Wildman–Crippen MR) is 84.4 cm³/mol. The molecule has 5 heteroatoms. The van der Waals surface area contributed by atoms with Crippen molar-refractivity contribution < 1.29 is 4.79 Å². The minimum absolute atomic E-state index is 0.148. The van der Waals surface area contributed by atoms with E-state index in [1.807, 2.05) is 17.5 Å². The average molecular weight is 297 g/mol. The molecule has 1 saturated carbocycles. The highest BCUT2D eigenvalue weighted by Gasteiger charge is 2.26. The number of thiazole rings is 1. The number of rotatable bonds is 3. The summed E-state index contributed by atoms with van der Waals surface area (Å²) in [5.74, 6) is 6.16. The number of benzene rings is 1. The van der Waals surface area contributed by atoms with E-state index < -0.39 is 0 Å². The first-order chi connectivity index (χ1) is 10.3. The summed E-state index contributed by atoms with van der Waals surface area (Å²) in [4.78, 5) is 16.6. The molecule has 2 aromatic rings. The molecule has 0 bridgehead atoms. The van der Waals surface area contributed by atoms with Crippen molar-refractivity contribution in [3.63, 3.8) is 0 Å². The zero-order chi connectivity index (χ0) is 14.7. The van der Waals surface area contributed by atoms with E-state index in [9.17, 15) is 4.79 Å². The van der Waals surface area contributed by atoms with Crippen LogP contribution < -0.4 is 11.1 Å². The molecule has 1 heterocycles. The van der Waals surface area contributed by atoms with E-state index >= 15 is 0 Å². The van der Waals surface area contributed by atoms with Crippen LogP contribution in [0.15, 0.2) is 29.6 Å². The highest BCUT2D eigenvalue weighted by atomic mass is 32.1. The fourth-order valence-electron chi connectivity index (χ4n) is 1.94. The smallest absolute Gasteiger partial charge is 0.257 e. The van der Waals surface area contributed by atoms with Gasteiger partial charge in [0, 0.05) is 22.4 Å². The van der Waals surface area contributed by atoms with Crippen LogP contribution in [0.3, 0.4) is 0 Å². The van der Waals surface area contributed by atoms with Crippen molar-refractivity contribution >= 4 is 22.4 Å². The summed E-state index contributed by atoms with van der Waals surface area (Å²) in [6, 6.07) is 7.14. The van der Waals surface area contributed by atoms with Crippen LogP contribution in [0, 0.1) is 11.8 Å². The molecule has 1 aromatic heterocycles. The Bertz CT molecular complexity index is 705. The van der Waals surface area contributed by atoms with E-state index in [1.165, 1.54) is 24.2 Å². The minimum Gasteiger partial charge on any atom is -0.320 e. The van der Waals surface area contributed by atoms with E-state index in [0.717, 1.165) is 11.3 Å². The van der Waals surface area contributed by atoms with Gasteiger partial charge in [0.05, 0.1) is 12.2 Å². The summed E-state index contributed by atoms with van der Waals surface area (Å²) >= 11 is 1.48. The lowest BCUT2D eigenvalue weighted by molar-refractivity contribution is 0.102. The second kappa shape index (κ2) is 6.08. The number of nitrogens with two attached hydrogens (primary N) is 1. The number of hydrogen-bond acceptors (Lipinski definition) is 4. The van der Waals surface area contributed by atoms with E-state index in [2.05, 4.69) is 22.1 Å². The number of nitrogens with zero attached hydrogens (tertiary/aromatic N) is 1. The molecular formula is C16H15N3OS. The van der Waals surface area contributed by atoms with Crippen LogP contribution in [0.1, 0.15) is 40.4 Å². The lowest BCUT2D eigenvalue weighted by Crippen LogP contribution is -2.11. The van der Waals surface area contributed by atoms with Gasteiger partial charge in [-0.3, -0.25) is 10.1 Å². The van der Waals surface area contributed by atoms with Crippen LogP contribution >= 0.6 is 11.3 Å². The van der Waals surface area contributed by atoms with E-state index in [0.29, 0.717) is 23.2 Å². The molecule has 1 aliphatic carbocycles. The first-order valence-electron chi connectivity index (χ1n) is 6.82. The Labute approximate surface area is 127 Å². The first-order valence-corrected chi connectivity index (χ1v) is 7.70. The molecule has 106 valence electrons. The highest BCUT2D eigenvalue weighted by Crippen LogP contribution is 2.40. The van der Waals surface area contributed by atoms with Gasteiger partial charge in [-0.05, 0) is 37.1 Å². The molecule has 1 aromatic carbocycles. The molecule has 0 radical (unpaired) electrons. The maximum atomic E-state index is 12.1. The molecule has 21 heavy (non-hydrogen) atoms. The molecule has 0 atom stereocenters. The van der Waals surface area contributed by atoms with E-state index in [4.69, 9.17) is 5.73 Å². The third-order valence-corrected chi connectivity index (χ3v) is 4.00. The zero-order valence-electron chi connectivity index (χ0n) is 11.4. The van der Waals surface area contributed by atoms with Crippen molar-refractivity contribution in [2.75, 3.05) is 11.9 Å². The SMILES string of the molecule is NCC#Cc1ccc(C(=O)Nc2nc(C3CC3)cs2)cc1. The van der Waals surface area contributed by atoms with Gasteiger partial charge >= 0.3 is 0 Å². The molecule has 1 aliphatic rings. The Morgan fingerprint density at radius 1 is 1.38 bits per heavy atom. The summed E-state index contributed by atoms with van der Waals surface area (Å²) in [7, 11) is 0. The van der Waals surface area contributed by atoms with Crippen LogP contribution in [0.2, 0.25) is 0 Å². The summed E-state index contributed by atoms with van der Waals surface area (Å²) in [5.41, 5.74) is 7.87. The van der Waals surface area contributed by atoms with Gasteiger partial charge in [-0.25, -0.2) is 4.98 Å². The Kier molecular flexibility index (Phi) is 4.00. The zero-order valence-corrected chi connectivity index (χ0v) is 12.2. The summed E-state index contributed by atoms with van der Waals surface area (Å²) in [6.45, 7) is 0.329. The minimum atomic E-state index is -0.148. The quantitative estimate of drug-likeness (QED) is 0.856. The van der Waals surface area contributed by atoms with Gasteiger partial charge < -0.3 is 5.73 Å². The topological polar surface area (TPSA) is 68.0 Å². The molecule has 0 spiro atoms. The third-order valence-electron chi connectivity index (χ3n) is 3.22. The molecule has 3 rings (SSSR count). The molecule has 1 amide bonds. The highest BCUT2D eigenvalue weighted by molar-refractivity contribution is 7.14. The molecule has 4 nitrogen and oxygen atoms in total. The fraction of sp³-hybridized carbons (Fsp3) is 0.250. The van der Waals surface area contributed by atoms with Crippen molar-refractivity contribution in [2.24, 2.45) is 5.73 Å². The largest absolute Gasteiger partial charge is 0.320 e. The maximum absolute atomic E-state index is 12.1. The molecule has 0 unspecified atom stereocenters. The number of nitrogens with one attached hydrogen (secondary N) is 1. The monoisotopic (exact) mass is 297 g/mol. The van der Waals surface area contributed by atoms with Crippen LogP contribution in [0.4, 0.5) is 5.13 Å². The number of amides is 1. The molecule has 0 saturated heterocycles. The molecular weight excluding hydrogens is 282 g/mol. The van der Waals surface area contributed by atoms with Gasteiger partial charge in [0.15, 0.2) is 5.13 Å². The van der Waals surface area contributed by atoms with Gasteiger partial charge in [0.2, 0.25) is 0 Å².